The summed E-state index contributed by atoms with van der Waals surface area (Å²) >= 11 is 0. The van der Waals surface area contributed by atoms with E-state index in [9.17, 15) is 9.59 Å². The Morgan fingerprint density at radius 1 is 0.581 bits per heavy atom. The number of ether oxygens (including phenoxy) is 2. The van der Waals surface area contributed by atoms with Crippen LogP contribution in [0.1, 0.15) is 33.9 Å². The van der Waals surface area contributed by atoms with Gasteiger partial charge in [0, 0.05) is 50.4 Å². The average Bonchev–Trinajstić information content (AvgIpc) is 4.18. The Bertz CT molecular complexity index is 3170. The normalized spacial score (nSPS) is 21.3. The minimum atomic E-state index is -0.684. The Kier molecular flexibility index (Phi) is 10.0. The van der Waals surface area contributed by atoms with Crippen molar-refractivity contribution in [2.24, 2.45) is 9.98 Å². The third kappa shape index (κ3) is 6.73. The molecule has 0 fully saturated rings. The molecule has 0 radical (unpaired) electrons. The highest BCUT2D eigenvalue weighted by Gasteiger charge is 2.41. The number of fused-ring (bicyclic) bond motifs is 6. The predicted molar refractivity (Wildman–Crippen MR) is 243 cm³/mol. The third-order valence-electron chi connectivity index (χ3n) is 12.0. The monoisotopic (exact) mass is 813 g/mol. The van der Waals surface area contributed by atoms with Gasteiger partial charge in [0.25, 0.3) is 0 Å². The van der Waals surface area contributed by atoms with Gasteiger partial charge in [0.1, 0.15) is 0 Å². The molecule has 0 saturated heterocycles. The minimum Gasteiger partial charge on any atom is -0.466 e. The molecule has 0 spiro atoms. The first-order valence-corrected chi connectivity index (χ1v) is 20.7. The summed E-state index contributed by atoms with van der Waals surface area (Å²) < 4.78 is 10.6. The van der Waals surface area contributed by atoms with E-state index in [1.165, 1.54) is 14.2 Å². The van der Waals surface area contributed by atoms with E-state index in [-0.39, 0.29) is 23.7 Å². The summed E-state index contributed by atoms with van der Waals surface area (Å²) in [6, 6.07) is 46.2. The Balaban J connectivity index is 1.38. The number of benzene rings is 4. The predicted octanol–water partition coefficient (Wildman–Crippen LogP) is 5.24. The number of allylic oxidation sites excluding steroid dienone is 2. The lowest BCUT2D eigenvalue weighted by molar-refractivity contribution is -0.139. The Labute approximate surface area is 358 Å². The molecule has 0 amide bonds. The SMILES string of the molecule is COC(=O)C1=C(C(=O)OC)[C@@H](c2c/c3[nH]c2=C(c2ccccc2)C2=NC(C=C2)/C(c2ccccc2)=c2/ccc([nH]2)=C(c2ccccc2)C2=NC(C=C2)\C=3c2ccccc2)N(C)C1. The number of aromatic nitrogens is 2. The average molecular weight is 814 g/mol. The fourth-order valence-corrected chi connectivity index (χ4v) is 9.31. The van der Waals surface area contributed by atoms with Crippen molar-refractivity contribution in [1.29, 1.82) is 0 Å². The zero-order valence-corrected chi connectivity index (χ0v) is 34.5. The number of H-pyrrole nitrogens is 2. The van der Waals surface area contributed by atoms with Gasteiger partial charge in [0.05, 0.1) is 60.3 Å². The molecule has 62 heavy (non-hydrogen) atoms. The number of hydrogen-bond acceptors (Lipinski definition) is 7. The van der Waals surface area contributed by atoms with Crippen LogP contribution >= 0.6 is 0 Å². The lowest BCUT2D eigenvalue weighted by Gasteiger charge is -2.22. The Morgan fingerprint density at radius 3 is 1.61 bits per heavy atom. The maximum Gasteiger partial charge on any atom is 0.336 e. The van der Waals surface area contributed by atoms with E-state index in [1.54, 1.807) is 0 Å². The zero-order valence-electron chi connectivity index (χ0n) is 34.5. The highest BCUT2D eigenvalue weighted by molar-refractivity contribution is 6.31. The molecule has 0 aliphatic carbocycles. The number of methoxy groups -OCH3 is 2. The van der Waals surface area contributed by atoms with Crippen LogP contribution in [0.4, 0.5) is 0 Å². The van der Waals surface area contributed by atoms with Crippen molar-refractivity contribution in [2.75, 3.05) is 27.8 Å². The molecule has 4 aliphatic heterocycles. The van der Waals surface area contributed by atoms with Gasteiger partial charge in [-0.1, -0.05) is 133 Å². The number of hydrogen-bond donors (Lipinski definition) is 2. The molecule has 2 N–H and O–H groups in total. The highest BCUT2D eigenvalue weighted by atomic mass is 16.5. The van der Waals surface area contributed by atoms with Gasteiger partial charge < -0.3 is 19.4 Å². The van der Waals surface area contributed by atoms with Crippen LogP contribution in [-0.4, -0.2) is 78.1 Å². The van der Waals surface area contributed by atoms with E-state index in [0.29, 0.717) is 0 Å². The second-order valence-electron chi connectivity index (χ2n) is 15.7. The molecule has 2 unspecified atom stereocenters. The number of esters is 2. The lowest BCUT2D eigenvalue weighted by Crippen LogP contribution is -2.29. The first-order chi connectivity index (χ1) is 30.4. The second kappa shape index (κ2) is 16.1. The van der Waals surface area contributed by atoms with Gasteiger partial charge in [-0.2, -0.15) is 0 Å². The highest BCUT2D eigenvalue weighted by Crippen LogP contribution is 2.37. The Morgan fingerprint density at radius 2 is 1.06 bits per heavy atom. The van der Waals surface area contributed by atoms with Crippen molar-refractivity contribution in [1.82, 2.24) is 14.9 Å². The molecule has 6 aromatic rings. The van der Waals surface area contributed by atoms with Crippen LogP contribution in [0.2, 0.25) is 0 Å². The van der Waals surface area contributed by atoms with Gasteiger partial charge in [-0.15, -0.1) is 0 Å². The summed E-state index contributed by atoms with van der Waals surface area (Å²) in [5.74, 6) is -1.17. The van der Waals surface area contributed by atoms with Crippen molar-refractivity contribution in [3.63, 3.8) is 0 Å². The van der Waals surface area contributed by atoms with Crippen molar-refractivity contribution in [3.8, 4) is 0 Å². The van der Waals surface area contributed by atoms with Crippen LogP contribution in [0.25, 0.3) is 22.3 Å². The smallest absolute Gasteiger partial charge is 0.336 e. The molecule has 2 aromatic heterocycles. The maximum atomic E-state index is 13.9. The van der Waals surface area contributed by atoms with Crippen LogP contribution in [0, 0.1) is 0 Å². The van der Waals surface area contributed by atoms with Gasteiger partial charge in [-0.25, -0.2) is 9.59 Å². The van der Waals surface area contributed by atoms with E-state index in [0.717, 1.165) is 82.9 Å². The summed E-state index contributed by atoms with van der Waals surface area (Å²) in [5.41, 5.74) is 10.7. The van der Waals surface area contributed by atoms with E-state index >= 15 is 0 Å². The summed E-state index contributed by atoms with van der Waals surface area (Å²) in [4.78, 5) is 48.1. The molecule has 4 aromatic carbocycles. The van der Waals surface area contributed by atoms with Gasteiger partial charge in [-0.3, -0.25) is 14.9 Å². The standard InChI is InChI=1S/C53H43N5O4/c1-58-31-37(52(59)61-2)49(53(60)62-3)51(58)36-30-44-47(34-20-12-6-13-21-34)42-27-26-40(55-42)45(32-16-8-4-9-17-32)38-24-25-39(54-38)46(33-18-10-5-11-19-33)41-28-29-43(56-41)48(50(36)57-44)35-22-14-7-15-23-35/h4-30,41-42,51,54,57H,31H2,1-3H3/b45-38?,46-39-,47-44-,50-48?/t41?,42?,51-/m1/s1. The molecule has 9 nitrogen and oxygen atoms in total. The number of carbonyl (C=O) groups excluding carboxylic acids is 2. The van der Waals surface area contributed by atoms with Crippen LogP contribution in [0.3, 0.4) is 0 Å². The van der Waals surface area contributed by atoms with Crippen LogP contribution in [0.5, 0.6) is 0 Å². The van der Waals surface area contributed by atoms with Crippen molar-refractivity contribution in [2.45, 2.75) is 18.1 Å². The number of rotatable bonds is 7. The molecular formula is C53H43N5O4. The Hall–Kier alpha value is -7.62. The molecule has 4 aliphatic rings. The maximum absolute atomic E-state index is 13.9. The van der Waals surface area contributed by atoms with E-state index in [2.05, 4.69) is 125 Å². The van der Waals surface area contributed by atoms with Crippen LogP contribution in [0.15, 0.2) is 185 Å². The molecule has 8 bridgehead atoms. The lowest BCUT2D eigenvalue weighted by atomic mass is 9.93. The first kappa shape index (κ1) is 38.6. The first-order valence-electron chi connectivity index (χ1n) is 20.7. The fourth-order valence-electron chi connectivity index (χ4n) is 9.31. The zero-order chi connectivity index (χ0) is 42.3. The second-order valence-corrected chi connectivity index (χ2v) is 15.7. The van der Waals surface area contributed by atoms with Crippen molar-refractivity contribution in [3.05, 3.63) is 224 Å². The third-order valence-corrected chi connectivity index (χ3v) is 12.0. The number of likely N-dealkylation sites (N-methyl/N-ethyl adjacent to an activating group) is 1. The van der Waals surface area contributed by atoms with Crippen LogP contribution < -0.4 is 21.4 Å². The summed E-state index contributed by atoms with van der Waals surface area (Å²) in [7, 11) is 4.58. The van der Waals surface area contributed by atoms with Crippen LogP contribution in [-0.2, 0) is 19.1 Å². The molecule has 0 saturated carbocycles. The number of aliphatic imine (C=N–C) groups is 2. The van der Waals surface area contributed by atoms with Gasteiger partial charge in [-0.05, 0) is 59.7 Å². The number of aromatic amines is 2. The molecule has 6 heterocycles. The number of nitrogens with one attached hydrogen (secondary N) is 2. The van der Waals surface area contributed by atoms with Gasteiger partial charge in [0.2, 0.25) is 0 Å². The largest absolute Gasteiger partial charge is 0.466 e. The van der Waals surface area contributed by atoms with E-state index < -0.39 is 24.0 Å². The molecule has 9 heteroatoms. The molecule has 10 rings (SSSR count). The van der Waals surface area contributed by atoms with Crippen molar-refractivity contribution >= 4 is 45.7 Å². The summed E-state index contributed by atoms with van der Waals surface area (Å²) in [6.45, 7) is 0.186. The van der Waals surface area contributed by atoms with Gasteiger partial charge in [0.15, 0.2) is 0 Å². The summed E-state index contributed by atoms with van der Waals surface area (Å²) in [5, 5.41) is 3.45. The molecular weight excluding hydrogens is 771 g/mol. The van der Waals surface area contributed by atoms with E-state index in [4.69, 9.17) is 19.5 Å². The summed E-state index contributed by atoms with van der Waals surface area (Å²) in [6.07, 6.45) is 8.51. The topological polar surface area (TPSA) is 112 Å². The molecule has 3 atom stereocenters. The van der Waals surface area contributed by atoms with Gasteiger partial charge >= 0.3 is 11.9 Å². The number of nitrogens with zero attached hydrogens (tertiary/aromatic N) is 3. The molecule has 304 valence electrons. The fraction of sp³-hybridized carbons (Fsp3) is 0.132. The quantitative estimate of drug-likeness (QED) is 0.215. The van der Waals surface area contributed by atoms with Crippen molar-refractivity contribution < 1.29 is 19.1 Å². The minimum absolute atomic E-state index is 0.186. The number of carbonyl (C=O) groups is 2. The van der Waals surface area contributed by atoms with E-state index in [1.807, 2.05) is 60.5 Å².